The normalized spacial score (nSPS) is 13.8. The summed E-state index contributed by atoms with van der Waals surface area (Å²) in [5.74, 6) is -0.795. The minimum Gasteiger partial charge on any atom is -0.455 e. The van der Waals surface area contributed by atoms with Crippen LogP contribution in [0.15, 0.2) is 30.3 Å². The summed E-state index contributed by atoms with van der Waals surface area (Å²) in [7, 11) is 0. The number of aliphatic hydroxyl groups excluding tert-OH is 1. The summed E-state index contributed by atoms with van der Waals surface area (Å²) >= 11 is 0. The molecule has 0 spiro atoms. The average molecular weight is 236 g/mol. The van der Waals surface area contributed by atoms with Gasteiger partial charge in [0, 0.05) is 13.3 Å². The number of aliphatic hydroxyl groups is 1. The maximum atomic E-state index is 11.6. The summed E-state index contributed by atoms with van der Waals surface area (Å²) in [5.41, 5.74) is 0.677. The van der Waals surface area contributed by atoms with Gasteiger partial charge in [-0.05, 0) is 12.5 Å². The fourth-order valence-electron chi connectivity index (χ4n) is 1.46. The first-order chi connectivity index (χ1) is 8.00. The van der Waals surface area contributed by atoms with Gasteiger partial charge in [0.2, 0.25) is 0 Å². The standard InChI is InChI=1S/C13H16O4/c1-9(17-10(2)14)12(15)8-13(16)11-6-4-3-5-7-11/h3-7,9,13,16H,8H2,1-2H3. The first kappa shape index (κ1) is 13.4. The number of rotatable bonds is 5. The Morgan fingerprint density at radius 2 is 1.88 bits per heavy atom. The molecule has 0 amide bonds. The van der Waals surface area contributed by atoms with Gasteiger partial charge < -0.3 is 9.84 Å². The van der Waals surface area contributed by atoms with Gasteiger partial charge in [-0.2, -0.15) is 0 Å². The zero-order valence-electron chi connectivity index (χ0n) is 9.92. The lowest BCUT2D eigenvalue weighted by Crippen LogP contribution is -2.24. The SMILES string of the molecule is CC(=O)OC(C)C(=O)CC(O)c1ccccc1. The first-order valence-corrected chi connectivity index (χ1v) is 5.43. The van der Waals surface area contributed by atoms with Gasteiger partial charge in [-0.15, -0.1) is 0 Å². The van der Waals surface area contributed by atoms with Gasteiger partial charge in [0.1, 0.15) is 0 Å². The summed E-state index contributed by atoms with van der Waals surface area (Å²) in [5, 5.41) is 9.81. The zero-order valence-corrected chi connectivity index (χ0v) is 9.92. The third-order valence-corrected chi connectivity index (χ3v) is 2.38. The summed E-state index contributed by atoms with van der Waals surface area (Å²) in [4.78, 5) is 22.3. The van der Waals surface area contributed by atoms with Crippen molar-refractivity contribution in [2.45, 2.75) is 32.5 Å². The minimum atomic E-state index is -0.860. The molecule has 92 valence electrons. The van der Waals surface area contributed by atoms with E-state index in [1.807, 2.05) is 6.07 Å². The fourth-order valence-corrected chi connectivity index (χ4v) is 1.46. The van der Waals surface area contributed by atoms with Gasteiger partial charge in [0.25, 0.3) is 0 Å². The molecule has 0 saturated carbocycles. The van der Waals surface area contributed by atoms with Gasteiger partial charge >= 0.3 is 5.97 Å². The van der Waals surface area contributed by atoms with E-state index in [1.165, 1.54) is 13.8 Å². The second-order valence-electron chi connectivity index (χ2n) is 3.85. The van der Waals surface area contributed by atoms with E-state index < -0.39 is 18.2 Å². The Kier molecular flexibility index (Phi) is 4.84. The van der Waals surface area contributed by atoms with Crippen LogP contribution >= 0.6 is 0 Å². The molecule has 2 atom stereocenters. The molecule has 0 fully saturated rings. The van der Waals surface area contributed by atoms with Crippen molar-refractivity contribution in [3.63, 3.8) is 0 Å². The highest BCUT2D eigenvalue weighted by molar-refractivity contribution is 5.85. The molecule has 2 unspecified atom stereocenters. The number of carbonyl (C=O) groups excluding carboxylic acids is 2. The van der Waals surface area contributed by atoms with Crippen molar-refractivity contribution in [2.75, 3.05) is 0 Å². The smallest absolute Gasteiger partial charge is 0.303 e. The Hall–Kier alpha value is -1.68. The molecule has 0 bridgehead atoms. The molecule has 0 radical (unpaired) electrons. The second-order valence-corrected chi connectivity index (χ2v) is 3.85. The fraction of sp³-hybridized carbons (Fsp3) is 0.385. The van der Waals surface area contributed by atoms with Crippen LogP contribution in [0.25, 0.3) is 0 Å². The van der Waals surface area contributed by atoms with Crippen molar-refractivity contribution in [1.82, 2.24) is 0 Å². The van der Waals surface area contributed by atoms with Gasteiger partial charge in [0.15, 0.2) is 11.9 Å². The van der Waals surface area contributed by atoms with Crippen LogP contribution in [0.1, 0.15) is 31.9 Å². The molecule has 0 heterocycles. The predicted molar refractivity (Wildman–Crippen MR) is 62.3 cm³/mol. The van der Waals surface area contributed by atoms with Crippen molar-refractivity contribution in [2.24, 2.45) is 0 Å². The Morgan fingerprint density at radius 1 is 1.29 bits per heavy atom. The maximum absolute atomic E-state index is 11.6. The second kappa shape index (κ2) is 6.15. The molecule has 17 heavy (non-hydrogen) atoms. The minimum absolute atomic E-state index is 0.0571. The van der Waals surface area contributed by atoms with E-state index in [-0.39, 0.29) is 12.2 Å². The Morgan fingerprint density at radius 3 is 2.41 bits per heavy atom. The van der Waals surface area contributed by atoms with Crippen LogP contribution in [-0.2, 0) is 14.3 Å². The van der Waals surface area contributed by atoms with E-state index >= 15 is 0 Å². The highest BCUT2D eigenvalue weighted by atomic mass is 16.5. The number of carbonyl (C=O) groups is 2. The van der Waals surface area contributed by atoms with Crippen LogP contribution in [0.2, 0.25) is 0 Å². The number of hydrogen-bond acceptors (Lipinski definition) is 4. The number of hydrogen-bond donors (Lipinski definition) is 1. The summed E-state index contributed by atoms with van der Waals surface area (Å²) in [6.07, 6.45) is -1.73. The molecular weight excluding hydrogens is 220 g/mol. The third-order valence-electron chi connectivity index (χ3n) is 2.38. The zero-order chi connectivity index (χ0) is 12.8. The molecule has 0 saturated heterocycles. The van der Waals surface area contributed by atoms with E-state index in [2.05, 4.69) is 0 Å². The number of ether oxygens (including phenoxy) is 1. The summed E-state index contributed by atoms with van der Waals surface area (Å²) in [6.45, 7) is 2.75. The van der Waals surface area contributed by atoms with E-state index in [0.29, 0.717) is 5.56 Å². The lowest BCUT2D eigenvalue weighted by atomic mass is 10.0. The lowest BCUT2D eigenvalue weighted by molar-refractivity contribution is -0.152. The van der Waals surface area contributed by atoms with Gasteiger partial charge in [-0.3, -0.25) is 9.59 Å². The van der Waals surface area contributed by atoms with Crippen molar-refractivity contribution in [3.05, 3.63) is 35.9 Å². The van der Waals surface area contributed by atoms with E-state index in [4.69, 9.17) is 4.74 Å². The summed E-state index contributed by atoms with van der Waals surface area (Å²) in [6, 6.07) is 8.90. The van der Waals surface area contributed by atoms with Gasteiger partial charge in [-0.25, -0.2) is 0 Å². The van der Waals surface area contributed by atoms with Crippen LogP contribution in [0.3, 0.4) is 0 Å². The van der Waals surface area contributed by atoms with Crippen molar-refractivity contribution >= 4 is 11.8 Å². The molecule has 1 rings (SSSR count). The van der Waals surface area contributed by atoms with E-state index in [0.717, 1.165) is 0 Å². The van der Waals surface area contributed by atoms with Crippen molar-refractivity contribution in [1.29, 1.82) is 0 Å². The first-order valence-electron chi connectivity index (χ1n) is 5.43. The highest BCUT2D eigenvalue weighted by Crippen LogP contribution is 2.17. The molecule has 0 aliphatic carbocycles. The van der Waals surface area contributed by atoms with Crippen molar-refractivity contribution in [3.8, 4) is 0 Å². The number of ketones is 1. The lowest BCUT2D eigenvalue weighted by Gasteiger charge is -2.14. The molecule has 0 aromatic heterocycles. The Labute approximate surface area is 100 Å². The molecule has 4 nitrogen and oxygen atoms in total. The van der Waals surface area contributed by atoms with Crippen LogP contribution in [0, 0.1) is 0 Å². The highest BCUT2D eigenvalue weighted by Gasteiger charge is 2.20. The van der Waals surface area contributed by atoms with E-state index in [9.17, 15) is 14.7 Å². The van der Waals surface area contributed by atoms with Gasteiger partial charge in [-0.1, -0.05) is 30.3 Å². The predicted octanol–water partition coefficient (Wildman–Crippen LogP) is 1.63. The van der Waals surface area contributed by atoms with Crippen LogP contribution < -0.4 is 0 Å². The molecular formula is C13H16O4. The molecule has 0 aliphatic heterocycles. The molecule has 1 N–H and O–H groups in total. The van der Waals surface area contributed by atoms with Gasteiger partial charge in [0.05, 0.1) is 6.10 Å². The Balaban J connectivity index is 2.54. The van der Waals surface area contributed by atoms with Crippen LogP contribution in [0.4, 0.5) is 0 Å². The molecule has 1 aromatic carbocycles. The van der Waals surface area contributed by atoms with Crippen molar-refractivity contribution < 1.29 is 19.4 Å². The third kappa shape index (κ3) is 4.36. The van der Waals surface area contributed by atoms with Crippen LogP contribution in [-0.4, -0.2) is 23.0 Å². The molecule has 0 aliphatic rings. The quantitative estimate of drug-likeness (QED) is 0.789. The molecule has 1 aromatic rings. The average Bonchev–Trinajstić information content (AvgIpc) is 2.29. The Bertz CT molecular complexity index is 386. The number of benzene rings is 1. The monoisotopic (exact) mass is 236 g/mol. The maximum Gasteiger partial charge on any atom is 0.303 e. The van der Waals surface area contributed by atoms with E-state index in [1.54, 1.807) is 24.3 Å². The number of esters is 1. The van der Waals surface area contributed by atoms with Crippen LogP contribution in [0.5, 0.6) is 0 Å². The summed E-state index contributed by atoms with van der Waals surface area (Å²) < 4.78 is 4.75. The number of Topliss-reactive ketones (excluding diaryl/α,β-unsaturated/α-hetero) is 1. The molecule has 4 heteroatoms. The topological polar surface area (TPSA) is 63.6 Å². The largest absolute Gasteiger partial charge is 0.455 e.